The fraction of sp³-hybridized carbons (Fsp3) is 0.667. The molecule has 358 valence electrons. The molecule has 64 heavy (non-hydrogen) atoms. The van der Waals surface area contributed by atoms with Crippen molar-refractivity contribution in [1.82, 2.24) is 26.2 Å². The lowest BCUT2D eigenvalue weighted by atomic mass is 9.99. The van der Waals surface area contributed by atoms with Gasteiger partial charge < -0.3 is 77.9 Å². The van der Waals surface area contributed by atoms with E-state index >= 15 is 0 Å². The van der Waals surface area contributed by atoms with E-state index in [0.717, 1.165) is 32.6 Å². The number of guanidine groups is 1. The molecule has 0 saturated carbocycles. The predicted molar refractivity (Wildman–Crippen MR) is 218 cm³/mol. The zero-order valence-corrected chi connectivity index (χ0v) is 36.4. The smallest absolute Gasteiger partial charge is 0.305 e. The molecule has 0 spiro atoms. The maximum atomic E-state index is 14.2. The number of nitrogens with two attached hydrogens (primary N) is 4. The molecule has 6 amide bonds. The molecule has 0 aromatic heterocycles. The summed E-state index contributed by atoms with van der Waals surface area (Å²) < 4.78 is 27.5. The Hall–Kier alpha value is -6.29. The lowest BCUT2D eigenvalue weighted by molar-refractivity contribution is -0.237. The van der Waals surface area contributed by atoms with Crippen molar-refractivity contribution >= 4 is 83.0 Å². The van der Waals surface area contributed by atoms with Crippen molar-refractivity contribution in [3.05, 3.63) is 0 Å². The molecule has 2 fully saturated rings. The molecule has 28 heteroatoms. The van der Waals surface area contributed by atoms with Crippen LogP contribution in [-0.2, 0) is 76.4 Å². The number of primary amides is 1. The summed E-state index contributed by atoms with van der Waals surface area (Å²) in [5.74, 6) is -11.3. The van der Waals surface area contributed by atoms with E-state index in [1.54, 1.807) is 0 Å². The van der Waals surface area contributed by atoms with Crippen molar-refractivity contribution in [2.24, 2.45) is 27.9 Å². The van der Waals surface area contributed by atoms with Crippen LogP contribution >= 0.6 is 11.8 Å². The van der Waals surface area contributed by atoms with Crippen molar-refractivity contribution in [2.75, 3.05) is 38.5 Å². The van der Waals surface area contributed by atoms with Crippen LogP contribution in [0.3, 0.4) is 0 Å². The minimum absolute atomic E-state index is 0.0124. The second-order valence-electron chi connectivity index (χ2n) is 14.3. The van der Waals surface area contributed by atoms with Gasteiger partial charge in [-0.3, -0.25) is 57.7 Å². The van der Waals surface area contributed by atoms with Crippen LogP contribution in [0.2, 0.25) is 0 Å². The maximum Gasteiger partial charge on any atom is 0.305 e. The number of amides is 6. The molecule has 0 radical (unpaired) electrons. The van der Waals surface area contributed by atoms with Gasteiger partial charge in [-0.25, -0.2) is 0 Å². The highest BCUT2D eigenvalue weighted by atomic mass is 32.2. The van der Waals surface area contributed by atoms with Crippen LogP contribution in [0.1, 0.15) is 59.8 Å². The van der Waals surface area contributed by atoms with Crippen LogP contribution in [0.25, 0.3) is 0 Å². The average molecular weight is 933 g/mol. The highest BCUT2D eigenvalue weighted by Crippen LogP contribution is 2.35. The first kappa shape index (κ1) is 53.8. The van der Waals surface area contributed by atoms with Gasteiger partial charge in [0.25, 0.3) is 0 Å². The van der Waals surface area contributed by atoms with E-state index in [9.17, 15) is 57.8 Å². The molecule has 0 unspecified atom stereocenters. The maximum absolute atomic E-state index is 14.2. The number of carbonyl (C=O) groups excluding carboxylic acids is 10. The van der Waals surface area contributed by atoms with E-state index in [2.05, 4.69) is 26.3 Å². The molecule has 0 bridgehead atoms. The van der Waals surface area contributed by atoms with Crippen LogP contribution in [0.4, 0.5) is 0 Å². The highest BCUT2D eigenvalue weighted by molar-refractivity contribution is 7.99. The Morgan fingerprint density at radius 2 is 1.41 bits per heavy atom. The summed E-state index contributed by atoms with van der Waals surface area (Å²) in [5, 5.41) is 18.9. The van der Waals surface area contributed by atoms with E-state index in [1.807, 2.05) is 0 Å². The van der Waals surface area contributed by atoms with Gasteiger partial charge in [-0.15, -0.1) is 11.8 Å². The highest BCUT2D eigenvalue weighted by Gasteiger charge is 2.53. The molecule has 0 aromatic carbocycles. The lowest BCUT2D eigenvalue weighted by Gasteiger charge is -2.44. The number of thioether (sulfide) groups is 1. The number of ether oxygens (including phenoxy) is 5. The predicted octanol–water partition coefficient (Wildman–Crippen LogP) is -5.66. The van der Waals surface area contributed by atoms with Crippen molar-refractivity contribution in [1.29, 1.82) is 0 Å². The molecule has 2 aliphatic rings. The summed E-state index contributed by atoms with van der Waals surface area (Å²) >= 11 is 0.693. The molecule has 0 aromatic rings. The Bertz CT molecular complexity index is 1780. The Labute approximate surface area is 370 Å². The largest absolute Gasteiger partial charge is 0.481 e. The van der Waals surface area contributed by atoms with E-state index in [0.29, 0.717) is 18.2 Å². The Kier molecular flexibility index (Phi) is 22.2. The van der Waals surface area contributed by atoms with Gasteiger partial charge >= 0.3 is 29.8 Å². The lowest BCUT2D eigenvalue weighted by Crippen LogP contribution is -2.62. The number of nitrogens with zero attached hydrogens (tertiary/aromatic N) is 2. The molecule has 0 aliphatic carbocycles. The normalized spacial score (nSPS) is 21.6. The van der Waals surface area contributed by atoms with Gasteiger partial charge in [0, 0.05) is 46.5 Å². The first-order chi connectivity index (χ1) is 30.0. The second-order valence-corrected chi connectivity index (χ2v) is 15.4. The third kappa shape index (κ3) is 18.2. The molecular weight excluding hydrogens is 877 g/mol. The van der Waals surface area contributed by atoms with Gasteiger partial charge in [0.15, 0.2) is 24.3 Å². The van der Waals surface area contributed by atoms with Crippen LogP contribution in [0, 0.1) is 0 Å². The molecule has 2 saturated heterocycles. The standard InChI is InChI=1S/C36H56N10O17S/c1-16(47)59-14-24-28(60-17(2)48)29(61-18(3)49)30(62-19(4)50)35(63-24)64-15-22(34(58)46-10-6-8-23(46)31(38)55)45-33(57)21(11-27(53)54)44-26(52)13-42-32(56)20(43-25(51)12-37)7-5-9-41-36(39)40/h20-24,28-30,35H,5-15,37H2,1-4H3,(H2,38,55)(H,42,56)(H,43,51)(H,44,52)(H,45,57)(H,53,54)(H4,39,40,41)/t20-,21-,22+,23-,24+,28+,29-,30+,35-/m0/s1. The van der Waals surface area contributed by atoms with Crippen LogP contribution in [0.15, 0.2) is 4.99 Å². The zero-order valence-electron chi connectivity index (χ0n) is 35.6. The van der Waals surface area contributed by atoms with E-state index < -0.39 is 151 Å². The minimum Gasteiger partial charge on any atom is -0.481 e. The molecule has 2 heterocycles. The van der Waals surface area contributed by atoms with Gasteiger partial charge in [0.05, 0.1) is 19.5 Å². The van der Waals surface area contributed by atoms with E-state index in [-0.39, 0.29) is 38.3 Å². The summed E-state index contributed by atoms with van der Waals surface area (Å²) in [4.78, 5) is 144. The number of hydrogen-bond acceptors (Lipinski definition) is 19. The zero-order chi connectivity index (χ0) is 48.3. The fourth-order valence-corrected chi connectivity index (χ4v) is 7.66. The SMILES string of the molecule is CC(=O)OC[C@H]1O[C@@H](SC[C@@H](NC(=O)[C@H](CC(=O)O)NC(=O)CNC(=O)[C@H](CCCN=C(N)N)NC(=O)CN)C(=O)N2CCC[C@H]2C(N)=O)[C@H](OC(C)=O)[C@@H](OC(C)=O)[C@@H]1OC(C)=O. The Morgan fingerprint density at radius 1 is 0.797 bits per heavy atom. The van der Waals surface area contributed by atoms with Crippen molar-refractivity contribution < 1.29 is 81.5 Å². The number of esters is 4. The fourth-order valence-electron chi connectivity index (χ4n) is 6.43. The van der Waals surface area contributed by atoms with Crippen molar-refractivity contribution in [3.63, 3.8) is 0 Å². The van der Waals surface area contributed by atoms with E-state index in [4.69, 9.17) is 46.6 Å². The summed E-state index contributed by atoms with van der Waals surface area (Å²) in [7, 11) is 0. The summed E-state index contributed by atoms with van der Waals surface area (Å²) in [6, 6.07) is -5.85. The number of carboxylic acid groups (broad SMARTS) is 1. The molecular formula is C36H56N10O17S. The number of likely N-dealkylation sites (tertiary alicyclic amines) is 1. The third-order valence-corrected chi connectivity index (χ3v) is 10.3. The number of hydrogen-bond donors (Lipinski definition) is 9. The first-order valence-electron chi connectivity index (χ1n) is 19.7. The van der Waals surface area contributed by atoms with Gasteiger partial charge in [0.1, 0.15) is 42.3 Å². The number of aliphatic carboxylic acids is 1. The van der Waals surface area contributed by atoms with Crippen LogP contribution in [-0.4, -0.2) is 174 Å². The number of carboxylic acids is 1. The third-order valence-electron chi connectivity index (χ3n) is 9.09. The molecule has 27 nitrogen and oxygen atoms in total. The van der Waals surface area contributed by atoms with Crippen molar-refractivity contribution in [2.45, 2.75) is 114 Å². The summed E-state index contributed by atoms with van der Waals surface area (Å²) in [6.07, 6.45) is -6.31. The number of aliphatic imine (C=N–C) groups is 1. The van der Waals surface area contributed by atoms with Gasteiger partial charge in [-0.2, -0.15) is 0 Å². The first-order valence-corrected chi connectivity index (χ1v) is 20.7. The second kappa shape index (κ2) is 26.4. The number of nitrogens with one attached hydrogen (secondary N) is 4. The topological polar surface area (TPSA) is 422 Å². The van der Waals surface area contributed by atoms with Gasteiger partial charge in [0.2, 0.25) is 35.4 Å². The van der Waals surface area contributed by atoms with E-state index in [1.165, 1.54) is 0 Å². The monoisotopic (exact) mass is 932 g/mol. The van der Waals surface area contributed by atoms with Gasteiger partial charge in [-0.1, -0.05) is 0 Å². The van der Waals surface area contributed by atoms with Crippen LogP contribution < -0.4 is 44.2 Å². The minimum atomic E-state index is -1.88. The summed E-state index contributed by atoms with van der Waals surface area (Å²) in [5.41, 5.74) is 20.1. The summed E-state index contributed by atoms with van der Waals surface area (Å²) in [6.45, 7) is 2.40. The molecule has 9 atom stereocenters. The van der Waals surface area contributed by atoms with Crippen LogP contribution in [0.5, 0.6) is 0 Å². The van der Waals surface area contributed by atoms with Gasteiger partial charge in [-0.05, 0) is 25.7 Å². The average Bonchev–Trinajstić information content (AvgIpc) is 3.70. The Morgan fingerprint density at radius 3 is 1.97 bits per heavy atom. The number of rotatable bonds is 24. The van der Waals surface area contributed by atoms with Crippen molar-refractivity contribution in [3.8, 4) is 0 Å². The quantitative estimate of drug-likeness (QED) is 0.0143. The number of carbonyl (C=O) groups is 11. The Balaban J connectivity index is 2.45. The molecule has 2 aliphatic heterocycles. The molecule has 13 N–H and O–H groups in total. The molecule has 2 rings (SSSR count).